The first-order chi connectivity index (χ1) is 5.88. The normalized spacial score (nSPS) is 22.5. The van der Waals surface area contributed by atoms with Crippen molar-refractivity contribution in [1.82, 2.24) is 0 Å². The van der Waals surface area contributed by atoms with Crippen LogP contribution in [-0.2, 0) is 4.43 Å². The zero-order chi connectivity index (χ0) is 8.81. The third-order valence-corrected chi connectivity index (χ3v) is 6.24. The molecule has 12 heavy (non-hydrogen) atoms. The van der Waals surface area contributed by atoms with Gasteiger partial charge in [0, 0.05) is 6.61 Å². The lowest BCUT2D eigenvalue weighted by atomic mass is 10.0. The first-order valence-electron chi connectivity index (χ1n) is 5.50. The van der Waals surface area contributed by atoms with E-state index >= 15 is 0 Å². The lowest BCUT2D eigenvalue weighted by Gasteiger charge is -2.27. The minimum absolute atomic E-state index is 0.794. The van der Waals surface area contributed by atoms with E-state index in [1.54, 1.807) is 0 Å². The molecule has 0 radical (unpaired) electrons. The summed E-state index contributed by atoms with van der Waals surface area (Å²) in [5, 5.41) is 0. The van der Waals surface area contributed by atoms with Crippen molar-refractivity contribution in [2.75, 3.05) is 6.61 Å². The molecule has 1 nitrogen and oxygen atoms in total. The molecule has 0 N–H and O–H groups in total. The van der Waals surface area contributed by atoms with Crippen LogP contribution in [0, 0.1) is 0 Å². The second-order valence-electron chi connectivity index (χ2n) is 3.80. The molecule has 0 aromatic rings. The van der Waals surface area contributed by atoms with Gasteiger partial charge in [0.25, 0.3) is 0 Å². The standard InChI is InChI=1S/C10H22OSi/c1-3-11-12(4-2)10-8-6-5-7-9-10/h10,12H,3-9H2,1-2H3. The Kier molecular flexibility index (Phi) is 4.92. The molecule has 1 unspecified atom stereocenters. The summed E-state index contributed by atoms with van der Waals surface area (Å²) in [5.41, 5.74) is 1.00. The Morgan fingerprint density at radius 3 is 2.33 bits per heavy atom. The molecule has 72 valence electrons. The average Bonchev–Trinajstić information content (AvgIpc) is 2.15. The van der Waals surface area contributed by atoms with E-state index in [1.165, 1.54) is 38.1 Å². The van der Waals surface area contributed by atoms with Gasteiger partial charge in [-0.05, 0) is 18.5 Å². The van der Waals surface area contributed by atoms with Crippen molar-refractivity contribution in [1.29, 1.82) is 0 Å². The van der Waals surface area contributed by atoms with Gasteiger partial charge in [-0.15, -0.1) is 0 Å². The molecule has 0 amide bonds. The van der Waals surface area contributed by atoms with Gasteiger partial charge in [-0.25, -0.2) is 0 Å². The molecule has 1 aliphatic rings. The van der Waals surface area contributed by atoms with E-state index < -0.39 is 9.04 Å². The van der Waals surface area contributed by atoms with Gasteiger partial charge < -0.3 is 4.43 Å². The Bertz CT molecular complexity index is 108. The number of hydrogen-bond acceptors (Lipinski definition) is 1. The largest absolute Gasteiger partial charge is 0.420 e. The summed E-state index contributed by atoms with van der Waals surface area (Å²) in [6.07, 6.45) is 7.31. The second kappa shape index (κ2) is 5.76. The second-order valence-corrected chi connectivity index (χ2v) is 6.97. The fourth-order valence-electron chi connectivity index (χ4n) is 2.31. The summed E-state index contributed by atoms with van der Waals surface area (Å²) in [6, 6.07) is 1.33. The molecule has 0 bridgehead atoms. The van der Waals surface area contributed by atoms with Gasteiger partial charge in [0.05, 0.1) is 0 Å². The van der Waals surface area contributed by atoms with E-state index in [0.29, 0.717) is 0 Å². The van der Waals surface area contributed by atoms with Crippen molar-refractivity contribution in [3.8, 4) is 0 Å². The third kappa shape index (κ3) is 2.90. The van der Waals surface area contributed by atoms with Crippen LogP contribution in [0.25, 0.3) is 0 Å². The Labute approximate surface area is 78.2 Å². The predicted octanol–water partition coefficient (Wildman–Crippen LogP) is 3.10. The van der Waals surface area contributed by atoms with Gasteiger partial charge in [-0.2, -0.15) is 0 Å². The fraction of sp³-hybridized carbons (Fsp3) is 1.00. The predicted molar refractivity (Wildman–Crippen MR) is 56.1 cm³/mol. The smallest absolute Gasteiger partial charge is 0.179 e. The Hall–Kier alpha value is 0.177. The van der Waals surface area contributed by atoms with Gasteiger partial charge in [0.15, 0.2) is 9.04 Å². The van der Waals surface area contributed by atoms with Gasteiger partial charge >= 0.3 is 0 Å². The van der Waals surface area contributed by atoms with Gasteiger partial charge in [-0.3, -0.25) is 0 Å². The topological polar surface area (TPSA) is 9.23 Å². The molecule has 1 fully saturated rings. The lowest BCUT2D eigenvalue weighted by molar-refractivity contribution is 0.320. The highest BCUT2D eigenvalue weighted by molar-refractivity contribution is 6.53. The molecule has 1 atom stereocenters. The lowest BCUT2D eigenvalue weighted by Crippen LogP contribution is -2.25. The molecule has 1 aliphatic carbocycles. The molecular weight excluding hydrogens is 164 g/mol. The number of rotatable bonds is 4. The quantitative estimate of drug-likeness (QED) is 0.613. The summed E-state index contributed by atoms with van der Waals surface area (Å²) in [5.74, 6) is 0. The van der Waals surface area contributed by atoms with Crippen LogP contribution in [0.1, 0.15) is 46.0 Å². The van der Waals surface area contributed by atoms with Gasteiger partial charge in [0.2, 0.25) is 0 Å². The van der Waals surface area contributed by atoms with Crippen LogP contribution < -0.4 is 0 Å². The molecular formula is C10H22OSi. The summed E-state index contributed by atoms with van der Waals surface area (Å²) in [6.45, 7) is 5.39. The van der Waals surface area contributed by atoms with Crippen LogP contribution in [-0.4, -0.2) is 15.6 Å². The highest BCUT2D eigenvalue weighted by Gasteiger charge is 2.23. The van der Waals surface area contributed by atoms with Crippen LogP contribution >= 0.6 is 0 Å². The molecule has 0 aromatic heterocycles. The SMILES string of the molecule is CCO[SiH](CC)C1CCCCC1. The minimum atomic E-state index is -0.794. The summed E-state index contributed by atoms with van der Waals surface area (Å²) in [7, 11) is -0.794. The maximum absolute atomic E-state index is 5.87. The molecule has 0 saturated heterocycles. The van der Waals surface area contributed by atoms with Crippen LogP contribution in [0.2, 0.25) is 11.6 Å². The molecule has 0 aromatic carbocycles. The van der Waals surface area contributed by atoms with E-state index in [9.17, 15) is 0 Å². The van der Waals surface area contributed by atoms with Crippen molar-refractivity contribution in [3.05, 3.63) is 0 Å². The van der Waals surface area contributed by atoms with E-state index in [2.05, 4.69) is 13.8 Å². The third-order valence-electron chi connectivity index (χ3n) is 2.96. The Morgan fingerprint density at radius 2 is 1.83 bits per heavy atom. The van der Waals surface area contributed by atoms with Crippen molar-refractivity contribution in [3.63, 3.8) is 0 Å². The zero-order valence-corrected chi connectivity index (χ0v) is 9.67. The minimum Gasteiger partial charge on any atom is -0.420 e. The molecule has 1 saturated carbocycles. The van der Waals surface area contributed by atoms with Crippen LogP contribution in [0.5, 0.6) is 0 Å². The first-order valence-corrected chi connectivity index (χ1v) is 7.45. The van der Waals surface area contributed by atoms with E-state index in [4.69, 9.17) is 4.43 Å². The molecule has 1 rings (SSSR count). The van der Waals surface area contributed by atoms with Gasteiger partial charge in [-0.1, -0.05) is 39.0 Å². The zero-order valence-electron chi connectivity index (χ0n) is 8.51. The number of hydrogen-bond donors (Lipinski definition) is 0. The van der Waals surface area contributed by atoms with Crippen molar-refractivity contribution >= 4 is 9.04 Å². The van der Waals surface area contributed by atoms with Crippen LogP contribution in [0.3, 0.4) is 0 Å². The monoisotopic (exact) mass is 186 g/mol. The van der Waals surface area contributed by atoms with Crippen LogP contribution in [0.4, 0.5) is 0 Å². The highest BCUT2D eigenvalue weighted by atomic mass is 28.3. The Balaban J connectivity index is 2.29. The molecule has 0 aliphatic heterocycles. The highest BCUT2D eigenvalue weighted by Crippen LogP contribution is 2.32. The molecule has 0 heterocycles. The van der Waals surface area contributed by atoms with Crippen molar-refractivity contribution < 1.29 is 4.43 Å². The van der Waals surface area contributed by atoms with E-state index in [1.807, 2.05) is 0 Å². The molecule has 2 heteroatoms. The summed E-state index contributed by atoms with van der Waals surface area (Å²) in [4.78, 5) is 0. The summed E-state index contributed by atoms with van der Waals surface area (Å²) < 4.78 is 5.87. The average molecular weight is 186 g/mol. The van der Waals surface area contributed by atoms with Crippen molar-refractivity contribution in [2.45, 2.75) is 57.5 Å². The molecule has 0 spiro atoms. The maximum atomic E-state index is 5.87. The van der Waals surface area contributed by atoms with E-state index in [-0.39, 0.29) is 0 Å². The van der Waals surface area contributed by atoms with E-state index in [0.717, 1.165) is 12.1 Å². The van der Waals surface area contributed by atoms with Crippen molar-refractivity contribution in [2.24, 2.45) is 0 Å². The fourth-order valence-corrected chi connectivity index (χ4v) is 5.12. The van der Waals surface area contributed by atoms with Crippen LogP contribution in [0.15, 0.2) is 0 Å². The Morgan fingerprint density at radius 1 is 1.17 bits per heavy atom. The van der Waals surface area contributed by atoms with Gasteiger partial charge in [0.1, 0.15) is 0 Å². The maximum Gasteiger partial charge on any atom is 0.179 e. The first kappa shape index (κ1) is 10.3. The summed E-state index contributed by atoms with van der Waals surface area (Å²) >= 11 is 0.